The van der Waals surface area contributed by atoms with E-state index in [0.29, 0.717) is 21.7 Å². The van der Waals surface area contributed by atoms with Crippen LogP contribution in [0.4, 0.5) is 32.1 Å². The number of thiophene rings is 1. The minimum Gasteiger partial charge on any atom is -0.383 e. The van der Waals surface area contributed by atoms with Crippen molar-refractivity contribution >= 4 is 72.5 Å². The minimum absolute atomic E-state index is 0.0955. The molecule has 0 unspecified atom stereocenters. The van der Waals surface area contributed by atoms with E-state index in [2.05, 4.69) is 41.5 Å². The number of carbonyl (C=O) groups excluding carboxylic acids is 2. The third-order valence-corrected chi connectivity index (χ3v) is 6.74. The van der Waals surface area contributed by atoms with Crippen LogP contribution in [0.2, 0.25) is 0 Å². The van der Waals surface area contributed by atoms with E-state index in [4.69, 9.17) is 5.73 Å². The third-order valence-electron chi connectivity index (χ3n) is 5.24. The molecule has 190 valence electrons. The normalized spacial score (nSPS) is 10.2. The van der Waals surface area contributed by atoms with Crippen molar-refractivity contribution in [3.05, 3.63) is 94.3 Å². The van der Waals surface area contributed by atoms with E-state index in [-0.39, 0.29) is 5.69 Å². The molecule has 0 radical (unpaired) electrons. The molecule has 2 amide bonds. The molecule has 2 heterocycles. The van der Waals surface area contributed by atoms with Crippen LogP contribution in [-0.4, -0.2) is 22.1 Å². The van der Waals surface area contributed by atoms with Crippen LogP contribution in [0.3, 0.4) is 0 Å². The number of nitrogens with two attached hydrogens (primary N) is 1. The van der Waals surface area contributed by atoms with Gasteiger partial charge >= 0.3 is 6.03 Å². The van der Waals surface area contributed by atoms with Crippen LogP contribution in [0, 0.1) is 12.7 Å². The second-order valence-electron chi connectivity index (χ2n) is 7.79. The maximum atomic E-state index is 13.9. The highest BCUT2D eigenvalue weighted by Crippen LogP contribution is 2.39. The van der Waals surface area contributed by atoms with E-state index in [1.165, 1.54) is 24.5 Å². The Morgan fingerprint density at radius 2 is 1.79 bits per heavy atom. The number of aliphatic imine (C=N–C) groups is 1. The first-order valence-electron chi connectivity index (χ1n) is 11.1. The van der Waals surface area contributed by atoms with Crippen molar-refractivity contribution in [2.24, 2.45) is 4.99 Å². The fraction of sp³-hybridized carbons (Fsp3) is 0.0370. The highest BCUT2D eigenvalue weighted by molar-refractivity contribution is 9.10. The number of anilines is 3. The van der Waals surface area contributed by atoms with Crippen molar-refractivity contribution in [2.75, 3.05) is 16.4 Å². The number of urea groups is 1. The van der Waals surface area contributed by atoms with Crippen LogP contribution < -0.4 is 16.4 Å². The van der Waals surface area contributed by atoms with Gasteiger partial charge in [-0.3, -0.25) is 0 Å². The van der Waals surface area contributed by atoms with E-state index in [1.807, 2.05) is 37.3 Å². The first-order valence-corrected chi connectivity index (χ1v) is 12.7. The van der Waals surface area contributed by atoms with Gasteiger partial charge in [-0.05, 0) is 55.0 Å². The molecule has 0 saturated heterocycles. The maximum absolute atomic E-state index is 13.9. The van der Waals surface area contributed by atoms with E-state index >= 15 is 0 Å². The molecule has 5 rings (SSSR count). The van der Waals surface area contributed by atoms with Gasteiger partial charge in [-0.25, -0.2) is 23.9 Å². The molecule has 0 bridgehead atoms. The summed E-state index contributed by atoms with van der Waals surface area (Å²) in [6.45, 7) is 2.01. The number of aromatic nitrogens is 2. The number of amides is 2. The zero-order chi connectivity index (χ0) is 27.1. The molecule has 0 aliphatic heterocycles. The van der Waals surface area contributed by atoms with Crippen LogP contribution >= 0.6 is 27.3 Å². The number of rotatable bonds is 4. The van der Waals surface area contributed by atoms with Crippen molar-refractivity contribution < 1.29 is 14.0 Å². The van der Waals surface area contributed by atoms with Crippen LogP contribution in [0.15, 0.2) is 88.6 Å². The van der Waals surface area contributed by atoms with Crippen molar-refractivity contribution in [1.29, 1.82) is 0 Å². The molecule has 3 aromatic carbocycles. The summed E-state index contributed by atoms with van der Waals surface area (Å²) in [5, 5.41) is 6.02. The van der Waals surface area contributed by atoms with Crippen LogP contribution in [0.5, 0.6) is 0 Å². The predicted octanol–water partition coefficient (Wildman–Crippen LogP) is 7.45. The lowest BCUT2D eigenvalue weighted by atomic mass is 10.0. The molecule has 5 aromatic rings. The Bertz CT molecular complexity index is 1640. The molecule has 0 aliphatic rings. The van der Waals surface area contributed by atoms with Gasteiger partial charge in [0.1, 0.15) is 22.8 Å². The predicted molar refractivity (Wildman–Crippen MR) is 153 cm³/mol. The SMILES string of the molecule is Cc1sc2ncnc(N)c2c1-c1ccc(NC(=O)Nc2ccc(Br)cc2F)cc1.O=C=Nc1ccccc1. The van der Waals surface area contributed by atoms with Gasteiger partial charge in [0.05, 0.1) is 16.8 Å². The molecule has 2 aromatic heterocycles. The number of aryl methyl sites for hydroxylation is 1. The van der Waals surface area contributed by atoms with Gasteiger partial charge in [0, 0.05) is 20.6 Å². The zero-order valence-corrected chi connectivity index (χ0v) is 22.3. The first-order chi connectivity index (χ1) is 18.4. The molecular weight excluding hydrogens is 571 g/mol. The smallest absolute Gasteiger partial charge is 0.323 e. The molecule has 0 aliphatic carbocycles. The number of nitrogens with one attached hydrogen (secondary N) is 2. The molecule has 0 fully saturated rings. The Kier molecular flexibility index (Phi) is 8.55. The van der Waals surface area contributed by atoms with Crippen molar-refractivity contribution in [3.8, 4) is 11.1 Å². The second kappa shape index (κ2) is 12.2. The Hall–Kier alpha value is -4.44. The van der Waals surface area contributed by atoms with Gasteiger partial charge in [0.15, 0.2) is 0 Å². The van der Waals surface area contributed by atoms with E-state index in [0.717, 1.165) is 26.2 Å². The minimum atomic E-state index is -0.534. The molecule has 4 N–H and O–H groups in total. The van der Waals surface area contributed by atoms with Gasteiger partial charge < -0.3 is 16.4 Å². The summed E-state index contributed by atoms with van der Waals surface area (Å²) in [5.74, 6) is -0.0862. The molecule has 0 spiro atoms. The Labute approximate surface area is 229 Å². The van der Waals surface area contributed by atoms with Gasteiger partial charge in [-0.1, -0.05) is 46.3 Å². The van der Waals surface area contributed by atoms with E-state index in [1.54, 1.807) is 41.7 Å². The first kappa shape index (κ1) is 26.6. The Morgan fingerprint density at radius 3 is 2.47 bits per heavy atom. The lowest BCUT2D eigenvalue weighted by molar-refractivity contribution is 0.262. The zero-order valence-electron chi connectivity index (χ0n) is 19.9. The maximum Gasteiger partial charge on any atom is 0.323 e. The fourth-order valence-electron chi connectivity index (χ4n) is 3.57. The summed E-state index contributed by atoms with van der Waals surface area (Å²) in [6, 6.07) is 20.2. The number of carbonyl (C=O) groups is 1. The summed E-state index contributed by atoms with van der Waals surface area (Å²) < 4.78 is 14.5. The number of halogens is 2. The Morgan fingerprint density at radius 1 is 1.05 bits per heavy atom. The average molecular weight is 591 g/mol. The van der Waals surface area contributed by atoms with Gasteiger partial charge in [0.25, 0.3) is 0 Å². The topological polar surface area (TPSA) is 122 Å². The quantitative estimate of drug-likeness (QED) is 0.148. The number of fused-ring (bicyclic) bond motifs is 1. The van der Waals surface area contributed by atoms with Crippen molar-refractivity contribution in [3.63, 3.8) is 0 Å². The van der Waals surface area contributed by atoms with Crippen LogP contribution in [-0.2, 0) is 4.79 Å². The monoisotopic (exact) mass is 590 g/mol. The summed E-state index contributed by atoms with van der Waals surface area (Å²) >= 11 is 4.74. The number of benzene rings is 3. The molecule has 0 saturated carbocycles. The number of isocyanates is 1. The number of nitrogen functional groups attached to an aromatic ring is 1. The molecule has 8 nitrogen and oxygen atoms in total. The number of hydrogen-bond acceptors (Lipinski definition) is 7. The van der Waals surface area contributed by atoms with Gasteiger partial charge in [-0.2, -0.15) is 4.99 Å². The lowest BCUT2D eigenvalue weighted by Gasteiger charge is -2.10. The highest BCUT2D eigenvalue weighted by Gasteiger charge is 2.15. The van der Waals surface area contributed by atoms with E-state index in [9.17, 15) is 14.0 Å². The standard InChI is InChI=1S/C20H15BrFN5OS.C7H5NO/c1-10-16(17-18(23)24-9-25-19(17)29-10)11-2-5-13(6-3-11)26-20(28)27-15-7-4-12(21)8-14(15)22;9-6-8-7-4-2-1-3-5-7/h2-9H,1H3,(H2,23,24,25)(H2,26,27,28);1-5H. The number of para-hydroxylation sites is 1. The van der Waals surface area contributed by atoms with Crippen LogP contribution in [0.25, 0.3) is 21.3 Å². The average Bonchev–Trinajstić information content (AvgIpc) is 3.24. The van der Waals surface area contributed by atoms with Gasteiger partial charge in [0.2, 0.25) is 6.08 Å². The summed E-state index contributed by atoms with van der Waals surface area (Å²) in [6.07, 6.45) is 2.91. The summed E-state index contributed by atoms with van der Waals surface area (Å²) in [7, 11) is 0. The van der Waals surface area contributed by atoms with Crippen LogP contribution in [0.1, 0.15) is 4.88 Å². The van der Waals surface area contributed by atoms with E-state index < -0.39 is 11.8 Å². The molecule has 0 atom stereocenters. The van der Waals surface area contributed by atoms with Crippen molar-refractivity contribution in [2.45, 2.75) is 6.92 Å². The summed E-state index contributed by atoms with van der Waals surface area (Å²) in [4.78, 5) is 35.6. The lowest BCUT2D eigenvalue weighted by Crippen LogP contribution is -2.20. The Balaban J connectivity index is 0.000000317. The highest BCUT2D eigenvalue weighted by atomic mass is 79.9. The summed E-state index contributed by atoms with van der Waals surface area (Å²) in [5.41, 5.74) is 9.30. The number of hydrogen-bond donors (Lipinski definition) is 3. The second-order valence-corrected chi connectivity index (χ2v) is 9.91. The fourth-order valence-corrected chi connectivity index (χ4v) is 4.92. The largest absolute Gasteiger partial charge is 0.383 e. The number of nitrogens with zero attached hydrogens (tertiary/aromatic N) is 3. The van der Waals surface area contributed by atoms with Crippen molar-refractivity contribution in [1.82, 2.24) is 9.97 Å². The molecule has 38 heavy (non-hydrogen) atoms. The third kappa shape index (κ3) is 6.46. The van der Waals surface area contributed by atoms with Gasteiger partial charge in [-0.15, -0.1) is 11.3 Å². The molecular formula is C27H20BrFN6O2S. The molecule has 11 heteroatoms.